The van der Waals surface area contributed by atoms with E-state index in [2.05, 4.69) is 136 Å². The average Bonchev–Trinajstić information content (AvgIpc) is 3.44. The number of aromatic nitrogens is 3. The van der Waals surface area contributed by atoms with Crippen LogP contribution in [0.2, 0.25) is 0 Å². The molecule has 0 aliphatic heterocycles. The van der Waals surface area contributed by atoms with Crippen molar-refractivity contribution in [1.82, 2.24) is 15.0 Å². The van der Waals surface area contributed by atoms with Crippen molar-refractivity contribution >= 4 is 22.1 Å². The molecule has 3 aromatic carbocycles. The van der Waals surface area contributed by atoms with Gasteiger partial charge in [0.05, 0.1) is 5.58 Å². The minimum Gasteiger partial charge on any atom is -0.486 e. The molecule has 0 amide bonds. The molecule has 0 saturated carbocycles. The van der Waals surface area contributed by atoms with Crippen LogP contribution in [0.25, 0.3) is 44.6 Å². The molecule has 0 saturated heterocycles. The Morgan fingerprint density at radius 3 is 2.27 bits per heavy atom. The second-order valence-corrected chi connectivity index (χ2v) is 13.6. The minimum absolute atomic E-state index is 0. The fourth-order valence-corrected chi connectivity index (χ4v) is 5.67. The number of aryl methyl sites for hydroxylation is 5. The zero-order chi connectivity index (χ0) is 33.0. The molecule has 5 heteroatoms. The number of furan rings is 1. The first-order chi connectivity index (χ1) is 22.6. The summed E-state index contributed by atoms with van der Waals surface area (Å²) in [6.07, 6.45) is 6.63. The molecule has 48 heavy (non-hydrogen) atoms. The van der Waals surface area contributed by atoms with Crippen molar-refractivity contribution in [1.29, 1.82) is 0 Å². The van der Waals surface area contributed by atoms with Crippen LogP contribution in [0.3, 0.4) is 0 Å². The van der Waals surface area contributed by atoms with Crippen LogP contribution in [0.4, 0.5) is 0 Å². The van der Waals surface area contributed by atoms with E-state index in [1.807, 2.05) is 30.6 Å². The number of nitrogens with zero attached hydrogens (tertiary/aromatic N) is 3. The smallest absolute Gasteiger partial charge is 0.216 e. The van der Waals surface area contributed by atoms with Gasteiger partial charge in [0.1, 0.15) is 0 Å². The van der Waals surface area contributed by atoms with Crippen LogP contribution < -0.4 is 0 Å². The van der Waals surface area contributed by atoms with Crippen molar-refractivity contribution < 1.29 is 24.5 Å². The second-order valence-electron chi connectivity index (χ2n) is 13.6. The molecule has 0 fully saturated rings. The van der Waals surface area contributed by atoms with Crippen molar-refractivity contribution in [3.8, 4) is 22.5 Å². The molecular formula is C43H41IrN3O-2. The predicted molar refractivity (Wildman–Crippen MR) is 193 cm³/mol. The van der Waals surface area contributed by atoms with Gasteiger partial charge in [-0.05, 0) is 79.2 Å². The predicted octanol–water partition coefficient (Wildman–Crippen LogP) is 10.7. The molecule has 1 radical (unpaired) electrons. The van der Waals surface area contributed by atoms with Gasteiger partial charge in [-0.15, -0.1) is 53.6 Å². The summed E-state index contributed by atoms with van der Waals surface area (Å²) in [5.74, 6) is 0. The zero-order valence-electron chi connectivity index (χ0n) is 28.5. The first kappa shape index (κ1) is 34.9. The van der Waals surface area contributed by atoms with Gasteiger partial charge in [-0.25, -0.2) is 4.98 Å². The number of rotatable bonds is 6. The van der Waals surface area contributed by atoms with Crippen LogP contribution in [0.1, 0.15) is 54.3 Å². The van der Waals surface area contributed by atoms with Gasteiger partial charge in [0, 0.05) is 43.6 Å². The van der Waals surface area contributed by atoms with E-state index < -0.39 is 0 Å². The maximum atomic E-state index is 6.29. The molecule has 4 heterocycles. The van der Waals surface area contributed by atoms with Gasteiger partial charge in [-0.2, -0.15) is 0 Å². The second kappa shape index (κ2) is 15.2. The van der Waals surface area contributed by atoms with Crippen LogP contribution in [0.15, 0.2) is 108 Å². The summed E-state index contributed by atoms with van der Waals surface area (Å²) in [5.41, 5.74) is 12.9. The van der Waals surface area contributed by atoms with Gasteiger partial charge in [0.25, 0.3) is 0 Å². The number of pyridine rings is 3. The first-order valence-corrected chi connectivity index (χ1v) is 16.3. The van der Waals surface area contributed by atoms with E-state index in [1.54, 1.807) is 0 Å². The third-order valence-corrected chi connectivity index (χ3v) is 8.30. The van der Waals surface area contributed by atoms with Crippen LogP contribution in [0, 0.1) is 38.3 Å². The molecule has 0 spiro atoms. The van der Waals surface area contributed by atoms with E-state index in [4.69, 9.17) is 9.40 Å². The molecule has 7 rings (SSSR count). The maximum Gasteiger partial charge on any atom is 0.216 e. The summed E-state index contributed by atoms with van der Waals surface area (Å²) in [5, 5.41) is 2.09. The SMILES string of the molecule is CC(C)(C)Cc1ccnc(-c2[c-]ccc3c2oc2nc(CCc4ccccc4)ccc23)c1.Cc1c[c-]c(-c2cc(C)c(C)cn2)cc1.[Ir]. The molecule has 0 atom stereocenters. The van der Waals surface area contributed by atoms with Gasteiger partial charge in [-0.3, -0.25) is 0 Å². The number of hydrogen-bond donors (Lipinski definition) is 0. The molecule has 7 aromatic rings. The van der Waals surface area contributed by atoms with E-state index in [-0.39, 0.29) is 25.5 Å². The number of hydrogen-bond acceptors (Lipinski definition) is 4. The summed E-state index contributed by atoms with van der Waals surface area (Å²) < 4.78 is 6.29. The molecule has 0 aliphatic rings. The molecule has 245 valence electrons. The Hall–Kier alpha value is -4.44. The van der Waals surface area contributed by atoms with Crippen LogP contribution >= 0.6 is 0 Å². The topological polar surface area (TPSA) is 51.8 Å². The standard InChI is InChI=1S/C29H27N2O.C14H14N.Ir/c1-29(2,3)19-21-16-17-30-26(18-21)25-11-7-10-23-24-15-14-22(31-28(24)32-27(23)25)13-12-20-8-5-4-6-9-20;1-10-4-6-13(7-5-10)14-8-11(2)12(3)9-15-14;/h4-10,14-18H,12-13,19H2,1-3H3;4-6,8-9H,1-3H3;/q2*-1;. The Bertz CT molecular complexity index is 2130. The molecular weight excluding hydrogens is 767 g/mol. The quantitative estimate of drug-likeness (QED) is 0.157. The summed E-state index contributed by atoms with van der Waals surface area (Å²) in [7, 11) is 0. The summed E-state index contributed by atoms with van der Waals surface area (Å²) in [6.45, 7) is 13.0. The Labute approximate surface area is 298 Å². The third-order valence-electron chi connectivity index (χ3n) is 8.30. The normalized spacial score (nSPS) is 11.2. The monoisotopic (exact) mass is 808 g/mol. The third kappa shape index (κ3) is 8.52. The molecule has 0 unspecified atom stereocenters. The van der Waals surface area contributed by atoms with Gasteiger partial charge in [0.15, 0.2) is 0 Å². The number of fused-ring (bicyclic) bond motifs is 3. The summed E-state index contributed by atoms with van der Waals surface area (Å²) in [4.78, 5) is 13.9. The molecule has 0 aliphatic carbocycles. The van der Waals surface area contributed by atoms with E-state index in [0.29, 0.717) is 5.71 Å². The Kier molecular flexibility index (Phi) is 11.0. The van der Waals surface area contributed by atoms with E-state index in [1.165, 1.54) is 27.8 Å². The zero-order valence-corrected chi connectivity index (χ0v) is 30.9. The van der Waals surface area contributed by atoms with Gasteiger partial charge < -0.3 is 14.4 Å². The molecule has 0 bridgehead atoms. The average molecular weight is 808 g/mol. The van der Waals surface area contributed by atoms with Gasteiger partial charge in [0.2, 0.25) is 5.71 Å². The van der Waals surface area contributed by atoms with Crippen LogP contribution in [-0.2, 0) is 39.4 Å². The van der Waals surface area contributed by atoms with Crippen LogP contribution in [0.5, 0.6) is 0 Å². The Morgan fingerprint density at radius 1 is 0.729 bits per heavy atom. The maximum absolute atomic E-state index is 6.29. The number of benzene rings is 3. The molecule has 4 nitrogen and oxygen atoms in total. The Balaban J connectivity index is 0.000000237. The fraction of sp³-hybridized carbons (Fsp3) is 0.233. The molecule has 4 aromatic heterocycles. The fourth-order valence-electron chi connectivity index (χ4n) is 5.67. The Morgan fingerprint density at radius 2 is 1.54 bits per heavy atom. The van der Waals surface area contributed by atoms with E-state index >= 15 is 0 Å². The van der Waals surface area contributed by atoms with Crippen molar-refractivity contribution in [3.63, 3.8) is 0 Å². The van der Waals surface area contributed by atoms with Gasteiger partial charge in [-0.1, -0.05) is 92.2 Å². The van der Waals surface area contributed by atoms with Crippen molar-refractivity contribution in [2.75, 3.05) is 0 Å². The van der Waals surface area contributed by atoms with Crippen molar-refractivity contribution in [3.05, 3.63) is 149 Å². The minimum atomic E-state index is 0. The molecule has 0 N–H and O–H groups in total. The van der Waals surface area contributed by atoms with E-state index in [0.717, 1.165) is 63.8 Å². The van der Waals surface area contributed by atoms with Gasteiger partial charge >= 0.3 is 0 Å². The largest absolute Gasteiger partial charge is 0.486 e. The summed E-state index contributed by atoms with van der Waals surface area (Å²) in [6, 6.07) is 37.8. The van der Waals surface area contributed by atoms with E-state index in [9.17, 15) is 0 Å². The summed E-state index contributed by atoms with van der Waals surface area (Å²) >= 11 is 0. The van der Waals surface area contributed by atoms with Crippen LogP contribution in [-0.4, -0.2) is 15.0 Å². The van der Waals surface area contributed by atoms with Crippen molar-refractivity contribution in [2.24, 2.45) is 5.41 Å². The van der Waals surface area contributed by atoms with Crippen molar-refractivity contribution in [2.45, 2.75) is 60.8 Å². The first-order valence-electron chi connectivity index (χ1n) is 16.3.